The number of nitrogens with two attached hydrogens (primary N) is 1. The van der Waals surface area contributed by atoms with Crippen molar-refractivity contribution in [1.29, 1.82) is 0 Å². The van der Waals surface area contributed by atoms with E-state index in [1.54, 1.807) is 43.5 Å². The van der Waals surface area contributed by atoms with E-state index in [0.717, 1.165) is 5.56 Å². The van der Waals surface area contributed by atoms with Gasteiger partial charge in [-0.25, -0.2) is 0 Å². The summed E-state index contributed by atoms with van der Waals surface area (Å²) in [6, 6.07) is 17.7. The van der Waals surface area contributed by atoms with Gasteiger partial charge in [0.05, 0.1) is 7.11 Å². The molecule has 0 fully saturated rings. The molecule has 0 saturated carbocycles. The number of rotatable bonds is 4. The minimum atomic E-state index is -0.154. The lowest BCUT2D eigenvalue weighted by Crippen LogP contribution is -1.98. The Morgan fingerprint density at radius 2 is 1.82 bits per heavy atom. The van der Waals surface area contributed by atoms with Crippen LogP contribution < -0.4 is 10.5 Å². The van der Waals surface area contributed by atoms with Gasteiger partial charge >= 0.3 is 0 Å². The fraction of sp³-hybridized carbons (Fsp3) is 0.0556. The van der Waals surface area contributed by atoms with Gasteiger partial charge in [-0.15, -0.1) is 0 Å². The Morgan fingerprint density at radius 1 is 1.05 bits per heavy atom. The maximum Gasteiger partial charge on any atom is 0.228 e. The third kappa shape index (κ3) is 2.59. The van der Waals surface area contributed by atoms with Gasteiger partial charge in [-0.3, -0.25) is 4.79 Å². The minimum Gasteiger partial charge on any atom is -0.497 e. The highest BCUT2D eigenvalue weighted by Crippen LogP contribution is 2.31. The van der Waals surface area contributed by atoms with E-state index in [-0.39, 0.29) is 11.5 Å². The number of hydrogen-bond acceptors (Lipinski definition) is 4. The molecular weight excluding hydrogens is 278 g/mol. The first-order valence-corrected chi connectivity index (χ1v) is 6.82. The first-order chi connectivity index (χ1) is 10.7. The molecule has 0 atom stereocenters. The summed E-state index contributed by atoms with van der Waals surface area (Å²) in [4.78, 5) is 12.3. The summed E-state index contributed by atoms with van der Waals surface area (Å²) in [5, 5.41) is 0. The lowest BCUT2D eigenvalue weighted by Gasteiger charge is -2.05. The van der Waals surface area contributed by atoms with Gasteiger partial charge < -0.3 is 14.9 Å². The van der Waals surface area contributed by atoms with Crippen LogP contribution in [0.15, 0.2) is 65.1 Å². The molecule has 0 saturated heterocycles. The first kappa shape index (κ1) is 13.9. The molecule has 2 aromatic carbocycles. The molecule has 3 aromatic rings. The van der Waals surface area contributed by atoms with Crippen LogP contribution >= 0.6 is 0 Å². The van der Waals surface area contributed by atoms with Crippen LogP contribution in [0, 0.1) is 0 Å². The van der Waals surface area contributed by atoms with Gasteiger partial charge in [-0.2, -0.15) is 0 Å². The van der Waals surface area contributed by atoms with Crippen molar-refractivity contribution in [3.05, 3.63) is 72.0 Å². The second kappa shape index (κ2) is 5.77. The number of ketones is 1. The Bertz CT molecular complexity index is 806. The Morgan fingerprint density at radius 3 is 2.50 bits per heavy atom. The lowest BCUT2D eigenvalue weighted by molar-refractivity contribution is 0.101. The van der Waals surface area contributed by atoms with Crippen LogP contribution in [0.1, 0.15) is 16.1 Å². The van der Waals surface area contributed by atoms with Gasteiger partial charge in [0.1, 0.15) is 11.5 Å². The van der Waals surface area contributed by atoms with Gasteiger partial charge in [0.25, 0.3) is 0 Å². The average Bonchev–Trinajstić information content (AvgIpc) is 3.04. The molecule has 1 heterocycles. The van der Waals surface area contributed by atoms with E-state index in [1.165, 1.54) is 0 Å². The number of furan rings is 1. The van der Waals surface area contributed by atoms with Gasteiger partial charge in [-0.1, -0.05) is 30.3 Å². The molecule has 0 spiro atoms. The number of carbonyl (C=O) groups excluding carboxylic acids is 1. The second-order valence-electron chi connectivity index (χ2n) is 4.81. The minimum absolute atomic E-state index is 0.154. The van der Waals surface area contributed by atoms with E-state index in [2.05, 4.69) is 0 Å². The van der Waals surface area contributed by atoms with Crippen LogP contribution in [-0.2, 0) is 0 Å². The molecule has 0 amide bonds. The van der Waals surface area contributed by atoms with Crippen LogP contribution in [0.5, 0.6) is 5.75 Å². The number of hydrogen-bond donors (Lipinski definition) is 1. The summed E-state index contributed by atoms with van der Waals surface area (Å²) in [7, 11) is 1.58. The van der Waals surface area contributed by atoms with E-state index in [1.807, 2.05) is 24.3 Å². The zero-order valence-electron chi connectivity index (χ0n) is 12.1. The summed E-state index contributed by atoms with van der Waals surface area (Å²) in [5.74, 6) is 1.36. The number of anilines is 1. The van der Waals surface area contributed by atoms with Crippen LogP contribution in [0.3, 0.4) is 0 Å². The SMILES string of the molecule is COc1ccc(-c2ccc(C(=O)c3ccccc3)o2)c(N)c1. The topological polar surface area (TPSA) is 65.5 Å². The fourth-order valence-electron chi connectivity index (χ4n) is 2.23. The number of methoxy groups -OCH3 is 1. The molecule has 0 aliphatic carbocycles. The Balaban J connectivity index is 1.93. The molecule has 2 N–H and O–H groups in total. The Labute approximate surface area is 128 Å². The molecule has 22 heavy (non-hydrogen) atoms. The Kier molecular flexibility index (Phi) is 3.66. The van der Waals surface area contributed by atoms with Gasteiger partial charge in [-0.05, 0) is 24.3 Å². The van der Waals surface area contributed by atoms with E-state index in [4.69, 9.17) is 14.9 Å². The largest absolute Gasteiger partial charge is 0.497 e. The summed E-state index contributed by atoms with van der Waals surface area (Å²) in [6.45, 7) is 0. The smallest absolute Gasteiger partial charge is 0.228 e. The van der Waals surface area contributed by atoms with Gasteiger partial charge in [0.15, 0.2) is 5.76 Å². The third-order valence-electron chi connectivity index (χ3n) is 3.39. The highest BCUT2D eigenvalue weighted by Gasteiger charge is 2.15. The van der Waals surface area contributed by atoms with Crippen molar-refractivity contribution in [3.63, 3.8) is 0 Å². The van der Waals surface area contributed by atoms with Gasteiger partial charge in [0.2, 0.25) is 5.78 Å². The number of ether oxygens (including phenoxy) is 1. The van der Waals surface area contributed by atoms with Crippen molar-refractivity contribution in [2.45, 2.75) is 0 Å². The lowest BCUT2D eigenvalue weighted by atomic mass is 10.1. The predicted octanol–water partition coefficient (Wildman–Crippen LogP) is 3.77. The summed E-state index contributed by atoms with van der Waals surface area (Å²) >= 11 is 0. The van der Waals surface area contributed by atoms with Crippen LogP contribution in [-0.4, -0.2) is 12.9 Å². The highest BCUT2D eigenvalue weighted by molar-refractivity contribution is 6.07. The summed E-state index contributed by atoms with van der Waals surface area (Å²) in [5.41, 5.74) is 7.85. The summed E-state index contributed by atoms with van der Waals surface area (Å²) in [6.07, 6.45) is 0. The molecular formula is C18H15NO3. The molecule has 3 rings (SSSR count). The van der Waals surface area contributed by atoms with Crippen molar-refractivity contribution in [1.82, 2.24) is 0 Å². The molecule has 1 aromatic heterocycles. The molecule has 0 bridgehead atoms. The molecule has 4 nitrogen and oxygen atoms in total. The molecule has 110 valence electrons. The van der Waals surface area contributed by atoms with E-state index in [0.29, 0.717) is 22.8 Å². The normalized spacial score (nSPS) is 10.4. The Hall–Kier alpha value is -3.01. The molecule has 0 unspecified atom stereocenters. The highest BCUT2D eigenvalue weighted by atomic mass is 16.5. The standard InChI is InChI=1S/C18H15NO3/c1-21-13-7-8-14(15(19)11-13)16-9-10-17(22-16)18(20)12-5-3-2-4-6-12/h2-11H,19H2,1H3. The van der Waals surface area contributed by atoms with Crippen molar-refractivity contribution in [3.8, 4) is 17.1 Å². The van der Waals surface area contributed by atoms with E-state index < -0.39 is 0 Å². The van der Waals surface area contributed by atoms with E-state index in [9.17, 15) is 4.79 Å². The zero-order valence-corrected chi connectivity index (χ0v) is 12.1. The average molecular weight is 293 g/mol. The van der Waals surface area contributed by atoms with Crippen molar-refractivity contribution in [2.24, 2.45) is 0 Å². The van der Waals surface area contributed by atoms with Gasteiger partial charge in [0, 0.05) is 22.9 Å². The monoisotopic (exact) mass is 293 g/mol. The van der Waals surface area contributed by atoms with Crippen LogP contribution in [0.2, 0.25) is 0 Å². The molecule has 4 heteroatoms. The van der Waals surface area contributed by atoms with Crippen LogP contribution in [0.25, 0.3) is 11.3 Å². The molecule has 0 aliphatic rings. The second-order valence-corrected chi connectivity index (χ2v) is 4.81. The third-order valence-corrected chi connectivity index (χ3v) is 3.39. The maximum atomic E-state index is 12.3. The number of nitrogen functional groups attached to an aromatic ring is 1. The maximum absolute atomic E-state index is 12.3. The first-order valence-electron chi connectivity index (χ1n) is 6.82. The number of carbonyl (C=O) groups is 1. The molecule has 0 radical (unpaired) electrons. The fourth-order valence-corrected chi connectivity index (χ4v) is 2.23. The number of benzene rings is 2. The summed E-state index contributed by atoms with van der Waals surface area (Å²) < 4.78 is 10.8. The van der Waals surface area contributed by atoms with Crippen LogP contribution in [0.4, 0.5) is 5.69 Å². The van der Waals surface area contributed by atoms with Crippen molar-refractivity contribution >= 4 is 11.5 Å². The molecule has 0 aliphatic heterocycles. The quantitative estimate of drug-likeness (QED) is 0.587. The van der Waals surface area contributed by atoms with E-state index >= 15 is 0 Å². The van der Waals surface area contributed by atoms with Crippen molar-refractivity contribution < 1.29 is 13.9 Å². The van der Waals surface area contributed by atoms with Crippen molar-refractivity contribution in [2.75, 3.05) is 12.8 Å². The predicted molar refractivity (Wildman–Crippen MR) is 85.0 cm³/mol. The zero-order chi connectivity index (χ0) is 15.5.